The van der Waals surface area contributed by atoms with Gasteiger partial charge >= 0.3 is 5.97 Å². The molecule has 1 aliphatic rings. The molecule has 0 N–H and O–H groups in total. The maximum atomic E-state index is 12.4. The van der Waals surface area contributed by atoms with Crippen LogP contribution in [0.4, 0.5) is 0 Å². The number of esters is 1. The number of nitrogens with zero attached hydrogens (tertiary/aromatic N) is 3. The van der Waals surface area contributed by atoms with Crippen molar-refractivity contribution in [2.75, 3.05) is 13.7 Å². The summed E-state index contributed by atoms with van der Waals surface area (Å²) in [6, 6.07) is 10.6. The molecule has 0 aromatic heterocycles. The van der Waals surface area contributed by atoms with Crippen LogP contribution in [0.2, 0.25) is 0 Å². The molecule has 1 aromatic rings. The molecule has 0 unspecified atom stereocenters. The molecular weight excluding hydrogens is 346 g/mol. The van der Waals surface area contributed by atoms with Gasteiger partial charge in [0.1, 0.15) is 11.3 Å². The van der Waals surface area contributed by atoms with Gasteiger partial charge in [-0.25, -0.2) is 4.79 Å². The van der Waals surface area contributed by atoms with E-state index in [1.54, 1.807) is 31.3 Å². The number of likely N-dealkylation sites (N-methyl/N-ethyl adjacent to an activating group) is 1. The van der Waals surface area contributed by atoms with E-state index in [0.717, 1.165) is 19.3 Å². The number of nitriles is 2. The second-order valence-electron chi connectivity index (χ2n) is 6.66. The van der Waals surface area contributed by atoms with E-state index in [1.807, 2.05) is 6.07 Å². The summed E-state index contributed by atoms with van der Waals surface area (Å²) in [5.41, 5.74) is -0.327. The highest BCUT2D eigenvalue weighted by Crippen LogP contribution is 2.32. The summed E-state index contributed by atoms with van der Waals surface area (Å²) in [5, 5.41) is 18.3. The Hall–Kier alpha value is -3.06. The summed E-state index contributed by atoms with van der Waals surface area (Å²) in [5.74, 6) is -0.652. The molecule has 142 valence electrons. The number of hydrogen-bond donors (Lipinski definition) is 0. The van der Waals surface area contributed by atoms with Gasteiger partial charge in [-0.3, -0.25) is 4.79 Å². The van der Waals surface area contributed by atoms with E-state index in [-0.39, 0.29) is 0 Å². The van der Waals surface area contributed by atoms with Crippen LogP contribution in [0.1, 0.15) is 44.6 Å². The van der Waals surface area contributed by atoms with Crippen LogP contribution < -0.4 is 4.74 Å². The molecule has 1 aliphatic carbocycles. The van der Waals surface area contributed by atoms with Gasteiger partial charge in [-0.15, -0.1) is 0 Å². The SMILES string of the molecule is C[C@H](Oc1ccc(C#N)cc1)C(=O)OCC(=O)N(C)C1(C#N)CCCCC1. The second-order valence-corrected chi connectivity index (χ2v) is 6.66. The second kappa shape index (κ2) is 9.05. The molecule has 1 fully saturated rings. The van der Waals surface area contributed by atoms with Crippen molar-refractivity contribution in [3.05, 3.63) is 29.8 Å². The van der Waals surface area contributed by atoms with Crippen molar-refractivity contribution in [1.82, 2.24) is 4.90 Å². The summed E-state index contributed by atoms with van der Waals surface area (Å²) in [6.45, 7) is 1.09. The molecule has 0 saturated heterocycles. The van der Waals surface area contributed by atoms with Crippen molar-refractivity contribution in [3.63, 3.8) is 0 Å². The molecule has 0 spiro atoms. The Morgan fingerprint density at radius 1 is 1.19 bits per heavy atom. The van der Waals surface area contributed by atoms with Gasteiger partial charge in [-0.2, -0.15) is 10.5 Å². The van der Waals surface area contributed by atoms with E-state index >= 15 is 0 Å². The van der Waals surface area contributed by atoms with Gasteiger partial charge in [0.15, 0.2) is 12.7 Å². The summed E-state index contributed by atoms with van der Waals surface area (Å²) < 4.78 is 10.5. The predicted molar refractivity (Wildman–Crippen MR) is 96.4 cm³/mol. The maximum Gasteiger partial charge on any atom is 0.347 e. The van der Waals surface area contributed by atoms with Crippen LogP contribution in [0.15, 0.2) is 24.3 Å². The fourth-order valence-corrected chi connectivity index (χ4v) is 3.10. The van der Waals surface area contributed by atoms with Crippen LogP contribution in [-0.4, -0.2) is 42.1 Å². The minimum Gasteiger partial charge on any atom is -0.479 e. The molecule has 1 atom stereocenters. The molecule has 1 amide bonds. The number of rotatable bonds is 6. The van der Waals surface area contributed by atoms with Crippen LogP contribution in [-0.2, 0) is 14.3 Å². The molecule has 7 nitrogen and oxygen atoms in total. The number of hydrogen-bond acceptors (Lipinski definition) is 6. The Kier molecular flexibility index (Phi) is 6.79. The summed E-state index contributed by atoms with van der Waals surface area (Å²) in [4.78, 5) is 25.9. The Balaban J connectivity index is 1.87. The van der Waals surface area contributed by atoms with E-state index < -0.39 is 30.1 Å². The van der Waals surface area contributed by atoms with Crippen molar-refractivity contribution >= 4 is 11.9 Å². The minimum absolute atomic E-state index is 0.405. The third kappa shape index (κ3) is 4.98. The number of ether oxygens (including phenoxy) is 2. The zero-order valence-corrected chi connectivity index (χ0v) is 15.6. The van der Waals surface area contributed by atoms with Crippen molar-refractivity contribution in [1.29, 1.82) is 10.5 Å². The number of carbonyl (C=O) groups excluding carboxylic acids is 2. The molecule has 1 saturated carbocycles. The normalized spacial score (nSPS) is 16.3. The van der Waals surface area contributed by atoms with Crippen molar-refractivity contribution in [3.8, 4) is 17.9 Å². The first-order valence-electron chi connectivity index (χ1n) is 8.93. The van der Waals surface area contributed by atoms with Crippen molar-refractivity contribution in [2.24, 2.45) is 0 Å². The fraction of sp³-hybridized carbons (Fsp3) is 0.500. The molecule has 0 aliphatic heterocycles. The molecule has 0 radical (unpaired) electrons. The number of benzene rings is 1. The van der Waals surface area contributed by atoms with E-state index in [2.05, 4.69) is 6.07 Å². The van der Waals surface area contributed by atoms with Crippen LogP contribution in [0, 0.1) is 22.7 Å². The number of carbonyl (C=O) groups is 2. The Labute approximate surface area is 159 Å². The van der Waals surface area contributed by atoms with Gasteiger partial charge < -0.3 is 14.4 Å². The molecule has 0 heterocycles. The van der Waals surface area contributed by atoms with Crippen molar-refractivity contribution < 1.29 is 19.1 Å². The van der Waals surface area contributed by atoms with Gasteiger partial charge in [0.05, 0.1) is 17.7 Å². The lowest BCUT2D eigenvalue weighted by molar-refractivity contribution is -0.158. The van der Waals surface area contributed by atoms with Crippen LogP contribution in [0.5, 0.6) is 5.75 Å². The molecule has 1 aromatic carbocycles. The van der Waals surface area contributed by atoms with Gasteiger partial charge in [0, 0.05) is 7.05 Å². The predicted octanol–water partition coefficient (Wildman–Crippen LogP) is 2.55. The highest BCUT2D eigenvalue weighted by Gasteiger charge is 2.39. The summed E-state index contributed by atoms with van der Waals surface area (Å²) in [7, 11) is 1.58. The monoisotopic (exact) mass is 369 g/mol. The van der Waals surface area contributed by atoms with Gasteiger partial charge in [-0.1, -0.05) is 19.3 Å². The molecular formula is C20H23N3O4. The quantitative estimate of drug-likeness (QED) is 0.714. The zero-order chi connectivity index (χ0) is 19.9. The Bertz CT molecular complexity index is 755. The van der Waals surface area contributed by atoms with Crippen LogP contribution in [0.3, 0.4) is 0 Å². The van der Waals surface area contributed by atoms with E-state index in [1.165, 1.54) is 11.8 Å². The summed E-state index contributed by atoms with van der Waals surface area (Å²) in [6.07, 6.45) is 3.23. The lowest BCUT2D eigenvalue weighted by atomic mass is 9.81. The topological polar surface area (TPSA) is 103 Å². The molecule has 0 bridgehead atoms. The highest BCUT2D eigenvalue weighted by atomic mass is 16.6. The first-order valence-corrected chi connectivity index (χ1v) is 8.93. The van der Waals surface area contributed by atoms with E-state index in [0.29, 0.717) is 24.2 Å². The van der Waals surface area contributed by atoms with Crippen LogP contribution in [0.25, 0.3) is 0 Å². The van der Waals surface area contributed by atoms with Crippen molar-refractivity contribution in [2.45, 2.75) is 50.7 Å². The third-order valence-electron chi connectivity index (χ3n) is 4.87. The van der Waals surface area contributed by atoms with E-state index in [4.69, 9.17) is 14.7 Å². The lowest BCUT2D eigenvalue weighted by Gasteiger charge is -2.38. The van der Waals surface area contributed by atoms with E-state index in [9.17, 15) is 14.9 Å². The van der Waals surface area contributed by atoms with Gasteiger partial charge in [0.2, 0.25) is 0 Å². The standard InChI is InChI=1S/C20H23N3O4/c1-15(27-17-8-6-16(12-21)7-9-17)19(25)26-13-18(24)23(2)20(14-22)10-4-3-5-11-20/h6-9,15H,3-5,10-11,13H2,1-2H3/t15-/m0/s1. The fourth-order valence-electron chi connectivity index (χ4n) is 3.10. The molecule has 2 rings (SSSR count). The number of amides is 1. The van der Waals surface area contributed by atoms with Crippen LogP contribution >= 0.6 is 0 Å². The van der Waals surface area contributed by atoms with Gasteiger partial charge in [0.25, 0.3) is 5.91 Å². The third-order valence-corrected chi connectivity index (χ3v) is 4.87. The Morgan fingerprint density at radius 3 is 2.37 bits per heavy atom. The summed E-state index contributed by atoms with van der Waals surface area (Å²) >= 11 is 0. The smallest absolute Gasteiger partial charge is 0.347 e. The molecule has 27 heavy (non-hydrogen) atoms. The average Bonchev–Trinajstić information content (AvgIpc) is 2.72. The zero-order valence-electron chi connectivity index (χ0n) is 15.6. The minimum atomic E-state index is -0.907. The largest absolute Gasteiger partial charge is 0.479 e. The lowest BCUT2D eigenvalue weighted by Crippen LogP contribution is -2.51. The first-order chi connectivity index (χ1) is 12.9. The molecule has 7 heteroatoms. The first kappa shape index (κ1) is 20.3. The highest BCUT2D eigenvalue weighted by molar-refractivity contribution is 5.82. The maximum absolute atomic E-state index is 12.4. The Morgan fingerprint density at radius 2 is 1.81 bits per heavy atom. The van der Waals surface area contributed by atoms with Gasteiger partial charge in [-0.05, 0) is 44.0 Å². The average molecular weight is 369 g/mol.